The van der Waals surface area contributed by atoms with E-state index in [1.165, 1.54) is 0 Å². The number of aryl methyl sites for hydroxylation is 2. The zero-order valence-electron chi connectivity index (χ0n) is 12.7. The molecule has 7 nitrogen and oxygen atoms in total. The largest absolute Gasteiger partial charge is 0.480 e. The molecule has 3 heterocycles. The Balaban J connectivity index is 1.80. The van der Waals surface area contributed by atoms with Crippen LogP contribution in [0.3, 0.4) is 0 Å². The average Bonchev–Trinajstić information content (AvgIpc) is 3.06. The van der Waals surface area contributed by atoms with Crippen LogP contribution in [-0.4, -0.2) is 41.8 Å². The molecule has 0 bridgehead atoms. The molecule has 0 fully saturated rings. The van der Waals surface area contributed by atoms with Crippen molar-refractivity contribution < 1.29 is 9.90 Å². The lowest BCUT2D eigenvalue weighted by Crippen LogP contribution is -2.47. The minimum Gasteiger partial charge on any atom is -0.480 e. The molecule has 0 amide bonds. The van der Waals surface area contributed by atoms with E-state index in [4.69, 9.17) is 0 Å². The predicted octanol–water partition coefficient (Wildman–Crippen LogP) is 1.46. The molecule has 0 spiro atoms. The Bertz CT molecular complexity index is 681. The number of hydrogen-bond acceptors (Lipinski definition) is 6. The van der Waals surface area contributed by atoms with Crippen molar-refractivity contribution in [1.29, 1.82) is 0 Å². The third-order valence-electron chi connectivity index (χ3n) is 3.87. The fourth-order valence-corrected chi connectivity index (χ4v) is 3.61. The van der Waals surface area contributed by atoms with Crippen LogP contribution < -0.4 is 0 Å². The van der Waals surface area contributed by atoms with Crippen LogP contribution in [0.15, 0.2) is 5.38 Å². The normalized spacial score (nSPS) is 18.4. The number of thiazole rings is 1. The number of fused-ring (bicyclic) bond motifs is 1. The number of hydrogen-bond donors (Lipinski definition) is 1. The van der Waals surface area contributed by atoms with Gasteiger partial charge in [-0.3, -0.25) is 9.69 Å². The first kappa shape index (κ1) is 15.1. The summed E-state index contributed by atoms with van der Waals surface area (Å²) in [6, 6.07) is -0.571. The molecule has 1 aliphatic heterocycles. The van der Waals surface area contributed by atoms with E-state index in [0.717, 1.165) is 35.2 Å². The maximum atomic E-state index is 11.6. The van der Waals surface area contributed by atoms with Crippen LogP contribution in [0.5, 0.6) is 0 Å². The Hall–Kier alpha value is -1.80. The maximum Gasteiger partial charge on any atom is 0.322 e. The van der Waals surface area contributed by atoms with E-state index in [2.05, 4.69) is 22.1 Å². The zero-order valence-corrected chi connectivity index (χ0v) is 13.5. The standard InChI is InChI=1S/C14H19N5O2S/c1-3-4-13-15-10(8-22-13)5-18-7-12-17-16-9(2)19(12)6-11(18)14(20)21/h8,11H,3-7H2,1-2H3,(H,20,21). The summed E-state index contributed by atoms with van der Waals surface area (Å²) in [6.07, 6.45) is 2.04. The van der Waals surface area contributed by atoms with Crippen molar-refractivity contribution in [2.75, 3.05) is 0 Å². The van der Waals surface area contributed by atoms with Gasteiger partial charge in [0, 0.05) is 11.9 Å². The van der Waals surface area contributed by atoms with Gasteiger partial charge in [-0.15, -0.1) is 21.5 Å². The van der Waals surface area contributed by atoms with Gasteiger partial charge in [0.1, 0.15) is 17.7 Å². The smallest absolute Gasteiger partial charge is 0.322 e. The SMILES string of the molecule is CCCc1nc(CN2Cc3nnc(C)n3CC2C(=O)O)cs1. The molecule has 0 aliphatic carbocycles. The molecule has 0 aromatic carbocycles. The molecule has 2 aromatic heterocycles. The molecule has 0 saturated heterocycles. The molecule has 0 saturated carbocycles. The summed E-state index contributed by atoms with van der Waals surface area (Å²) in [5.41, 5.74) is 0.935. The van der Waals surface area contributed by atoms with E-state index in [-0.39, 0.29) is 0 Å². The summed E-state index contributed by atoms with van der Waals surface area (Å²) in [4.78, 5) is 18.1. The van der Waals surface area contributed by atoms with Gasteiger partial charge < -0.3 is 9.67 Å². The van der Waals surface area contributed by atoms with Gasteiger partial charge in [-0.25, -0.2) is 4.98 Å². The highest BCUT2D eigenvalue weighted by atomic mass is 32.1. The number of carbonyl (C=O) groups is 1. The summed E-state index contributed by atoms with van der Waals surface area (Å²) in [5, 5.41) is 20.8. The number of aromatic nitrogens is 4. The van der Waals surface area contributed by atoms with E-state index in [1.807, 2.05) is 21.8 Å². The Morgan fingerprint density at radius 1 is 1.50 bits per heavy atom. The highest BCUT2D eigenvalue weighted by Gasteiger charge is 2.33. The van der Waals surface area contributed by atoms with E-state index in [1.54, 1.807) is 11.3 Å². The predicted molar refractivity (Wildman–Crippen MR) is 81.5 cm³/mol. The average molecular weight is 321 g/mol. The molecule has 118 valence electrons. The molecule has 1 atom stereocenters. The molecule has 0 radical (unpaired) electrons. The lowest BCUT2D eigenvalue weighted by atomic mass is 10.2. The quantitative estimate of drug-likeness (QED) is 0.897. The fourth-order valence-electron chi connectivity index (χ4n) is 2.72. The third-order valence-corrected chi connectivity index (χ3v) is 4.82. The summed E-state index contributed by atoms with van der Waals surface area (Å²) < 4.78 is 1.89. The Kier molecular flexibility index (Phi) is 4.21. The van der Waals surface area contributed by atoms with Crippen molar-refractivity contribution in [2.24, 2.45) is 0 Å². The van der Waals surface area contributed by atoms with Crippen LogP contribution in [0, 0.1) is 6.92 Å². The molecular weight excluding hydrogens is 302 g/mol. The van der Waals surface area contributed by atoms with Crippen molar-refractivity contribution in [3.05, 3.63) is 27.7 Å². The number of carboxylic acid groups (broad SMARTS) is 1. The maximum absolute atomic E-state index is 11.6. The second-order valence-electron chi connectivity index (χ2n) is 5.52. The minimum atomic E-state index is -0.817. The summed E-state index contributed by atoms with van der Waals surface area (Å²) in [6.45, 7) is 5.38. The van der Waals surface area contributed by atoms with Gasteiger partial charge >= 0.3 is 5.97 Å². The van der Waals surface area contributed by atoms with E-state index >= 15 is 0 Å². The van der Waals surface area contributed by atoms with Crippen molar-refractivity contribution >= 4 is 17.3 Å². The van der Waals surface area contributed by atoms with Crippen molar-refractivity contribution in [2.45, 2.75) is 52.4 Å². The molecular formula is C14H19N5O2S. The van der Waals surface area contributed by atoms with E-state index in [0.29, 0.717) is 19.6 Å². The van der Waals surface area contributed by atoms with Gasteiger partial charge in [0.15, 0.2) is 0 Å². The first-order chi connectivity index (χ1) is 10.6. The highest BCUT2D eigenvalue weighted by Crippen LogP contribution is 2.21. The molecule has 3 rings (SSSR count). The number of carboxylic acids is 1. The van der Waals surface area contributed by atoms with Gasteiger partial charge in [0.05, 0.1) is 23.8 Å². The van der Waals surface area contributed by atoms with E-state index < -0.39 is 12.0 Å². The fraction of sp³-hybridized carbons (Fsp3) is 0.571. The van der Waals surface area contributed by atoms with Gasteiger partial charge in [-0.1, -0.05) is 6.92 Å². The molecule has 2 aromatic rings. The molecule has 22 heavy (non-hydrogen) atoms. The van der Waals surface area contributed by atoms with Crippen LogP contribution >= 0.6 is 11.3 Å². The Morgan fingerprint density at radius 3 is 3.05 bits per heavy atom. The van der Waals surface area contributed by atoms with Crippen LogP contribution in [0.2, 0.25) is 0 Å². The summed E-state index contributed by atoms with van der Waals surface area (Å²) >= 11 is 1.64. The first-order valence-corrected chi connectivity index (χ1v) is 8.25. The highest BCUT2D eigenvalue weighted by molar-refractivity contribution is 7.09. The van der Waals surface area contributed by atoms with Crippen LogP contribution in [0.1, 0.15) is 35.7 Å². The van der Waals surface area contributed by atoms with Crippen LogP contribution in [0.25, 0.3) is 0 Å². The first-order valence-electron chi connectivity index (χ1n) is 7.37. The zero-order chi connectivity index (χ0) is 15.7. The van der Waals surface area contributed by atoms with Gasteiger partial charge in [-0.05, 0) is 19.8 Å². The number of rotatable bonds is 5. The molecule has 1 unspecified atom stereocenters. The number of aliphatic carboxylic acids is 1. The van der Waals surface area contributed by atoms with Gasteiger partial charge in [0.2, 0.25) is 0 Å². The van der Waals surface area contributed by atoms with Crippen molar-refractivity contribution in [1.82, 2.24) is 24.6 Å². The lowest BCUT2D eigenvalue weighted by molar-refractivity contribution is -0.145. The topological polar surface area (TPSA) is 84.1 Å². The monoisotopic (exact) mass is 321 g/mol. The second kappa shape index (κ2) is 6.13. The third kappa shape index (κ3) is 2.89. The Morgan fingerprint density at radius 2 is 2.32 bits per heavy atom. The minimum absolute atomic E-state index is 0.384. The van der Waals surface area contributed by atoms with E-state index in [9.17, 15) is 9.90 Å². The van der Waals surface area contributed by atoms with Crippen molar-refractivity contribution in [3.63, 3.8) is 0 Å². The summed E-state index contributed by atoms with van der Waals surface area (Å²) in [7, 11) is 0. The molecule has 1 N–H and O–H groups in total. The Labute approximate surface area is 132 Å². The second-order valence-corrected chi connectivity index (χ2v) is 6.46. The lowest BCUT2D eigenvalue weighted by Gasteiger charge is -2.32. The molecule has 8 heteroatoms. The number of nitrogens with zero attached hydrogens (tertiary/aromatic N) is 5. The summed E-state index contributed by atoms with van der Waals surface area (Å²) in [5.74, 6) is 0.765. The molecule has 1 aliphatic rings. The van der Waals surface area contributed by atoms with Crippen molar-refractivity contribution in [3.8, 4) is 0 Å². The van der Waals surface area contributed by atoms with Crippen LogP contribution in [-0.2, 0) is 30.8 Å². The van der Waals surface area contributed by atoms with Gasteiger partial charge in [0.25, 0.3) is 0 Å². The van der Waals surface area contributed by atoms with Crippen LogP contribution in [0.4, 0.5) is 0 Å². The van der Waals surface area contributed by atoms with Gasteiger partial charge in [-0.2, -0.15) is 0 Å².